The fourth-order valence-corrected chi connectivity index (χ4v) is 7.89. The summed E-state index contributed by atoms with van der Waals surface area (Å²) < 4.78 is 31.7. The number of carbonyl (C=O) groups is 2. The second-order valence-electron chi connectivity index (χ2n) is 13.3. The number of piperidine rings is 1. The minimum Gasteiger partial charge on any atom is -0.494 e. The molecule has 51 heavy (non-hydrogen) atoms. The number of nitrogens with zero attached hydrogens (tertiary/aromatic N) is 5. The number of benzene rings is 2. The number of hydrogen-bond acceptors (Lipinski definition) is 11. The van der Waals surface area contributed by atoms with Crippen LogP contribution in [0.5, 0.6) is 5.75 Å². The highest BCUT2D eigenvalue weighted by Gasteiger charge is 2.29. The Labute approximate surface area is 305 Å². The number of nitrogens with one attached hydrogen (secondary N) is 2. The molecule has 2 aliphatic heterocycles. The number of unbranched alkanes of at least 4 members (excludes halogenated alkanes) is 2. The van der Waals surface area contributed by atoms with Gasteiger partial charge in [0.15, 0.2) is 15.7 Å². The van der Waals surface area contributed by atoms with E-state index >= 15 is 0 Å². The molecule has 3 heterocycles. The summed E-state index contributed by atoms with van der Waals surface area (Å²) in [7, 11) is -1.93. The molecule has 0 unspecified atom stereocenters. The van der Waals surface area contributed by atoms with E-state index in [1.807, 2.05) is 23.1 Å². The van der Waals surface area contributed by atoms with E-state index in [9.17, 15) is 18.0 Å². The van der Waals surface area contributed by atoms with Crippen molar-refractivity contribution >= 4 is 62.1 Å². The van der Waals surface area contributed by atoms with Gasteiger partial charge in [-0.3, -0.25) is 14.5 Å². The van der Waals surface area contributed by atoms with Gasteiger partial charge in [-0.05, 0) is 63.8 Å². The van der Waals surface area contributed by atoms with Crippen molar-refractivity contribution < 1.29 is 22.7 Å². The van der Waals surface area contributed by atoms with Crippen molar-refractivity contribution in [2.45, 2.75) is 75.0 Å². The average molecular weight is 741 g/mol. The summed E-state index contributed by atoms with van der Waals surface area (Å²) in [5, 5.41) is 5.95. The van der Waals surface area contributed by atoms with Crippen molar-refractivity contribution in [1.29, 1.82) is 0 Å². The molecule has 2 aliphatic rings. The maximum Gasteiger partial charge on any atom is 0.229 e. The van der Waals surface area contributed by atoms with E-state index in [2.05, 4.69) is 30.4 Å². The number of sulfone groups is 1. The van der Waals surface area contributed by atoms with Crippen LogP contribution in [0.4, 0.5) is 28.8 Å². The van der Waals surface area contributed by atoms with E-state index in [-0.39, 0.29) is 33.5 Å². The highest BCUT2D eigenvalue weighted by Crippen LogP contribution is 2.35. The van der Waals surface area contributed by atoms with E-state index in [0.29, 0.717) is 36.0 Å². The number of para-hydroxylation sites is 1. The van der Waals surface area contributed by atoms with Crippen LogP contribution in [0.2, 0.25) is 5.02 Å². The van der Waals surface area contributed by atoms with Gasteiger partial charge in [0.2, 0.25) is 17.8 Å². The van der Waals surface area contributed by atoms with E-state index in [1.54, 1.807) is 45.2 Å². The van der Waals surface area contributed by atoms with E-state index in [4.69, 9.17) is 22.1 Å². The summed E-state index contributed by atoms with van der Waals surface area (Å²) in [6.07, 6.45) is 6.82. The molecule has 2 aromatic carbocycles. The summed E-state index contributed by atoms with van der Waals surface area (Å²) in [5.74, 6) is 1.08. The minimum absolute atomic E-state index is 0.169. The molecule has 0 aliphatic carbocycles. The van der Waals surface area contributed by atoms with Crippen LogP contribution in [-0.2, 0) is 19.4 Å². The maximum atomic E-state index is 13.0. The van der Waals surface area contributed by atoms with Crippen molar-refractivity contribution in [1.82, 2.24) is 19.8 Å². The van der Waals surface area contributed by atoms with Crippen molar-refractivity contribution in [3.8, 4) is 5.75 Å². The van der Waals surface area contributed by atoms with Crippen LogP contribution in [0.15, 0.2) is 53.6 Å². The van der Waals surface area contributed by atoms with Crippen LogP contribution in [0, 0.1) is 0 Å². The summed E-state index contributed by atoms with van der Waals surface area (Å²) in [6.45, 7) is 8.40. The monoisotopic (exact) mass is 740 g/mol. The average Bonchev–Trinajstić information content (AvgIpc) is 3.13. The highest BCUT2D eigenvalue weighted by molar-refractivity contribution is 7.92. The molecule has 3 aromatic rings. The Morgan fingerprint density at radius 3 is 2.35 bits per heavy atom. The van der Waals surface area contributed by atoms with Crippen LogP contribution in [0.3, 0.4) is 0 Å². The first-order valence-electron chi connectivity index (χ1n) is 17.6. The van der Waals surface area contributed by atoms with E-state index in [1.165, 1.54) is 6.20 Å². The van der Waals surface area contributed by atoms with E-state index in [0.717, 1.165) is 77.1 Å². The van der Waals surface area contributed by atoms with Gasteiger partial charge in [0.25, 0.3) is 0 Å². The van der Waals surface area contributed by atoms with Gasteiger partial charge in [0.05, 0.1) is 34.8 Å². The van der Waals surface area contributed by atoms with Gasteiger partial charge in [-0.1, -0.05) is 30.2 Å². The standard InChI is InChI=1S/C36H49ClN8O5S/c1-25(2)51(48,49)32-10-8-7-9-30(32)40-35-28(37)24-39-36(42-35)41-29-14-13-27(23-31(29)50-3)43-17-15-26(16-18-43)44-19-21-45(22-20-44)34(47)12-6-4-5-11-33(38)46/h7-10,13-14,23-26H,4-6,11-12,15-22H2,1-3H3,(H2,38,46)(H2,39,40,41,42). The zero-order valence-corrected chi connectivity index (χ0v) is 31.2. The Bertz CT molecular complexity index is 1780. The third-order valence-corrected chi connectivity index (χ3v) is 12.1. The Morgan fingerprint density at radius 1 is 0.961 bits per heavy atom. The Morgan fingerprint density at radius 2 is 1.67 bits per heavy atom. The first kappa shape index (κ1) is 38.1. The Balaban J connectivity index is 1.15. The third-order valence-electron chi connectivity index (χ3n) is 9.57. The summed E-state index contributed by atoms with van der Waals surface area (Å²) >= 11 is 6.43. The van der Waals surface area contributed by atoms with Crippen molar-refractivity contribution in [3.05, 3.63) is 53.7 Å². The molecule has 5 rings (SSSR count). The Hall–Kier alpha value is -4.14. The molecule has 276 valence electrons. The molecule has 2 fully saturated rings. The molecular weight excluding hydrogens is 692 g/mol. The predicted octanol–water partition coefficient (Wildman–Crippen LogP) is 5.36. The lowest BCUT2D eigenvalue weighted by molar-refractivity contribution is -0.133. The molecular formula is C36H49ClN8O5S. The number of piperazine rings is 1. The zero-order valence-electron chi connectivity index (χ0n) is 29.6. The molecule has 15 heteroatoms. The van der Waals surface area contributed by atoms with Gasteiger partial charge < -0.3 is 30.9 Å². The minimum atomic E-state index is -3.55. The number of ether oxygens (including phenoxy) is 1. The molecule has 0 atom stereocenters. The lowest BCUT2D eigenvalue weighted by atomic mass is 10.0. The van der Waals surface area contributed by atoms with Gasteiger partial charge >= 0.3 is 0 Å². The molecule has 0 spiro atoms. The molecule has 2 amide bonds. The van der Waals surface area contributed by atoms with Crippen LogP contribution in [0.25, 0.3) is 0 Å². The number of carbonyl (C=O) groups excluding carboxylic acids is 2. The normalized spacial score (nSPS) is 15.9. The summed E-state index contributed by atoms with van der Waals surface area (Å²) in [5.41, 5.74) is 7.30. The fourth-order valence-electron chi connectivity index (χ4n) is 6.55. The van der Waals surface area contributed by atoms with Gasteiger partial charge in [-0.2, -0.15) is 4.98 Å². The van der Waals surface area contributed by atoms with Gasteiger partial charge in [0.1, 0.15) is 10.8 Å². The maximum absolute atomic E-state index is 13.0. The SMILES string of the molecule is COc1cc(N2CCC(N3CCN(C(=O)CCCCCC(N)=O)CC3)CC2)ccc1Nc1ncc(Cl)c(Nc2ccccc2S(=O)(=O)C(C)C)n1. The van der Waals surface area contributed by atoms with Crippen molar-refractivity contribution in [3.63, 3.8) is 0 Å². The zero-order chi connectivity index (χ0) is 36.5. The largest absolute Gasteiger partial charge is 0.494 e. The lowest BCUT2D eigenvalue weighted by Gasteiger charge is -2.43. The number of hydrogen-bond donors (Lipinski definition) is 3. The van der Waals surface area contributed by atoms with Crippen LogP contribution in [-0.4, -0.2) is 97.7 Å². The topological polar surface area (TPSA) is 163 Å². The molecule has 0 bridgehead atoms. The first-order chi connectivity index (χ1) is 24.5. The third kappa shape index (κ3) is 9.80. The molecule has 0 saturated carbocycles. The quantitative estimate of drug-likeness (QED) is 0.172. The number of anilines is 5. The van der Waals surface area contributed by atoms with Gasteiger partial charge in [0, 0.05) is 69.9 Å². The second-order valence-corrected chi connectivity index (χ2v) is 16.2. The number of amides is 2. The Kier molecular flexibility index (Phi) is 13.0. The molecule has 13 nitrogen and oxygen atoms in total. The van der Waals surface area contributed by atoms with Crippen LogP contribution < -0.4 is 26.0 Å². The number of methoxy groups -OCH3 is 1. The summed E-state index contributed by atoms with van der Waals surface area (Å²) in [4.78, 5) is 39.5. The number of halogens is 1. The summed E-state index contributed by atoms with van der Waals surface area (Å²) in [6, 6.07) is 13.1. The van der Waals surface area contributed by atoms with Crippen molar-refractivity contribution in [2.75, 3.05) is 61.9 Å². The second kappa shape index (κ2) is 17.4. The van der Waals surface area contributed by atoms with Crippen LogP contribution >= 0.6 is 11.6 Å². The molecule has 0 radical (unpaired) electrons. The van der Waals surface area contributed by atoms with E-state index < -0.39 is 15.1 Å². The first-order valence-corrected chi connectivity index (χ1v) is 19.5. The molecule has 2 saturated heterocycles. The van der Waals surface area contributed by atoms with Crippen LogP contribution in [0.1, 0.15) is 58.8 Å². The number of rotatable bonds is 15. The molecule has 4 N–H and O–H groups in total. The predicted molar refractivity (Wildman–Crippen MR) is 201 cm³/mol. The lowest BCUT2D eigenvalue weighted by Crippen LogP contribution is -2.54. The molecule has 1 aromatic heterocycles. The number of aromatic nitrogens is 2. The number of nitrogens with two attached hydrogens (primary N) is 1. The number of primary amides is 1. The van der Waals surface area contributed by atoms with Gasteiger partial charge in [-0.25, -0.2) is 13.4 Å². The van der Waals surface area contributed by atoms with Gasteiger partial charge in [-0.15, -0.1) is 0 Å². The van der Waals surface area contributed by atoms with Crippen molar-refractivity contribution in [2.24, 2.45) is 5.73 Å². The fraction of sp³-hybridized carbons (Fsp3) is 0.500. The smallest absolute Gasteiger partial charge is 0.229 e. The highest BCUT2D eigenvalue weighted by atomic mass is 35.5.